The van der Waals surface area contributed by atoms with E-state index in [1.165, 1.54) is 18.5 Å². The van der Waals surface area contributed by atoms with Crippen LogP contribution in [0, 0.1) is 0 Å². The Morgan fingerprint density at radius 2 is 2.35 bits per heavy atom. The van der Waals surface area contributed by atoms with Gasteiger partial charge in [0.25, 0.3) is 5.91 Å². The maximum Gasteiger partial charge on any atom is 0.271 e. The SMILES string of the molecule is Nc1ccc(Cl)c(C(=O)NCc2cnc[nH]2)n1. The second-order valence-corrected chi connectivity index (χ2v) is 3.73. The molecule has 0 radical (unpaired) electrons. The van der Waals surface area contributed by atoms with Crippen LogP contribution in [-0.4, -0.2) is 20.9 Å². The van der Waals surface area contributed by atoms with Gasteiger partial charge >= 0.3 is 0 Å². The number of pyridine rings is 1. The molecule has 7 heteroatoms. The summed E-state index contributed by atoms with van der Waals surface area (Å²) in [4.78, 5) is 22.3. The summed E-state index contributed by atoms with van der Waals surface area (Å²) in [5.41, 5.74) is 6.40. The van der Waals surface area contributed by atoms with Crippen molar-refractivity contribution in [2.24, 2.45) is 0 Å². The zero-order valence-corrected chi connectivity index (χ0v) is 9.53. The molecule has 0 spiro atoms. The van der Waals surface area contributed by atoms with E-state index in [0.717, 1.165) is 5.69 Å². The highest BCUT2D eigenvalue weighted by atomic mass is 35.5. The van der Waals surface area contributed by atoms with Gasteiger partial charge in [-0.15, -0.1) is 0 Å². The Bertz CT molecular complexity index is 525. The molecule has 88 valence electrons. The van der Waals surface area contributed by atoms with E-state index < -0.39 is 0 Å². The molecule has 4 N–H and O–H groups in total. The molecule has 6 nitrogen and oxygen atoms in total. The highest BCUT2D eigenvalue weighted by Crippen LogP contribution is 2.14. The molecule has 1 amide bonds. The molecule has 0 unspecified atom stereocenters. The second-order valence-electron chi connectivity index (χ2n) is 3.33. The Hall–Kier alpha value is -2.08. The number of aromatic nitrogens is 3. The molecule has 2 aromatic heterocycles. The molecular formula is C10H10ClN5O. The lowest BCUT2D eigenvalue weighted by Gasteiger charge is -2.05. The second kappa shape index (κ2) is 4.84. The van der Waals surface area contributed by atoms with Gasteiger partial charge in [-0.3, -0.25) is 4.79 Å². The lowest BCUT2D eigenvalue weighted by atomic mass is 10.3. The summed E-state index contributed by atoms with van der Waals surface area (Å²) in [5, 5.41) is 2.92. The summed E-state index contributed by atoms with van der Waals surface area (Å²) < 4.78 is 0. The van der Waals surface area contributed by atoms with Crippen LogP contribution in [-0.2, 0) is 6.54 Å². The number of amides is 1. The van der Waals surface area contributed by atoms with E-state index in [0.29, 0.717) is 6.54 Å². The van der Waals surface area contributed by atoms with Gasteiger partial charge in [-0.2, -0.15) is 0 Å². The minimum absolute atomic E-state index is 0.117. The van der Waals surface area contributed by atoms with Crippen LogP contribution in [0.2, 0.25) is 5.02 Å². The largest absolute Gasteiger partial charge is 0.384 e. The monoisotopic (exact) mass is 251 g/mol. The number of hydrogen-bond acceptors (Lipinski definition) is 4. The van der Waals surface area contributed by atoms with Crippen molar-refractivity contribution >= 4 is 23.3 Å². The number of nitrogens with one attached hydrogen (secondary N) is 2. The van der Waals surface area contributed by atoms with Crippen molar-refractivity contribution < 1.29 is 4.79 Å². The Labute approximate surface area is 102 Å². The summed E-state index contributed by atoms with van der Waals surface area (Å²) >= 11 is 5.85. The lowest BCUT2D eigenvalue weighted by Crippen LogP contribution is -2.24. The van der Waals surface area contributed by atoms with E-state index in [-0.39, 0.29) is 22.4 Å². The van der Waals surface area contributed by atoms with Crippen LogP contribution in [0.1, 0.15) is 16.2 Å². The van der Waals surface area contributed by atoms with Crippen molar-refractivity contribution in [2.75, 3.05) is 5.73 Å². The fourth-order valence-corrected chi connectivity index (χ4v) is 1.45. The Morgan fingerprint density at radius 1 is 1.53 bits per heavy atom. The van der Waals surface area contributed by atoms with E-state index >= 15 is 0 Å². The van der Waals surface area contributed by atoms with Crippen molar-refractivity contribution in [1.29, 1.82) is 0 Å². The molecule has 2 rings (SSSR count). The fraction of sp³-hybridized carbons (Fsp3) is 0.100. The first kappa shape index (κ1) is 11.4. The average Bonchev–Trinajstić information content (AvgIpc) is 2.82. The van der Waals surface area contributed by atoms with Gasteiger partial charge in [0, 0.05) is 6.20 Å². The molecule has 0 atom stereocenters. The van der Waals surface area contributed by atoms with Crippen molar-refractivity contribution in [3.63, 3.8) is 0 Å². The number of nitrogens with zero attached hydrogens (tertiary/aromatic N) is 2. The third kappa shape index (κ3) is 2.73. The number of rotatable bonds is 3. The summed E-state index contributed by atoms with van der Waals surface area (Å²) in [6.45, 7) is 0.325. The Balaban J connectivity index is 2.07. The summed E-state index contributed by atoms with van der Waals surface area (Å²) in [7, 11) is 0. The first-order valence-corrected chi connectivity index (χ1v) is 5.22. The van der Waals surface area contributed by atoms with Crippen LogP contribution in [0.15, 0.2) is 24.7 Å². The van der Waals surface area contributed by atoms with Crippen LogP contribution in [0.5, 0.6) is 0 Å². The normalized spacial score (nSPS) is 10.2. The molecular weight excluding hydrogens is 242 g/mol. The third-order valence-electron chi connectivity index (χ3n) is 2.08. The standard InChI is InChI=1S/C10H10ClN5O/c11-7-1-2-8(12)16-9(7)10(17)14-4-6-3-13-5-15-6/h1-3,5H,4H2,(H2,12,16)(H,13,15)(H,14,17). The Kier molecular flexibility index (Phi) is 3.24. The smallest absolute Gasteiger partial charge is 0.271 e. The van der Waals surface area contributed by atoms with Gasteiger partial charge in [-0.05, 0) is 12.1 Å². The van der Waals surface area contributed by atoms with Crippen molar-refractivity contribution in [2.45, 2.75) is 6.54 Å². The van der Waals surface area contributed by atoms with Crippen molar-refractivity contribution in [3.8, 4) is 0 Å². The van der Waals surface area contributed by atoms with E-state index in [1.54, 1.807) is 6.20 Å². The molecule has 0 aliphatic rings. The van der Waals surface area contributed by atoms with Gasteiger partial charge in [-0.25, -0.2) is 9.97 Å². The predicted octanol–water partition coefficient (Wildman–Crippen LogP) is 0.970. The van der Waals surface area contributed by atoms with Crippen LogP contribution < -0.4 is 11.1 Å². The highest BCUT2D eigenvalue weighted by Gasteiger charge is 2.12. The number of carbonyl (C=O) groups is 1. The predicted molar refractivity (Wildman–Crippen MR) is 63.4 cm³/mol. The number of nitrogens with two attached hydrogens (primary N) is 1. The van der Waals surface area contributed by atoms with Crippen molar-refractivity contribution in [3.05, 3.63) is 41.1 Å². The third-order valence-corrected chi connectivity index (χ3v) is 2.38. The molecule has 0 saturated carbocycles. The maximum atomic E-state index is 11.8. The summed E-state index contributed by atoms with van der Waals surface area (Å²) in [6.07, 6.45) is 3.15. The van der Waals surface area contributed by atoms with Gasteiger partial charge in [0.1, 0.15) is 11.5 Å². The van der Waals surface area contributed by atoms with Crippen LogP contribution in [0.25, 0.3) is 0 Å². The van der Waals surface area contributed by atoms with E-state index in [4.69, 9.17) is 17.3 Å². The quantitative estimate of drug-likeness (QED) is 0.757. The topological polar surface area (TPSA) is 96.7 Å². The number of aromatic amines is 1. The summed E-state index contributed by atoms with van der Waals surface area (Å²) in [5.74, 6) is -0.127. The number of H-pyrrole nitrogens is 1. The molecule has 0 bridgehead atoms. The minimum atomic E-state index is -0.378. The Morgan fingerprint density at radius 3 is 3.06 bits per heavy atom. The van der Waals surface area contributed by atoms with E-state index in [2.05, 4.69) is 20.3 Å². The molecule has 0 saturated heterocycles. The molecule has 0 aromatic carbocycles. The maximum absolute atomic E-state index is 11.8. The van der Waals surface area contributed by atoms with E-state index in [9.17, 15) is 4.79 Å². The molecule has 0 aliphatic heterocycles. The fourth-order valence-electron chi connectivity index (χ4n) is 1.26. The summed E-state index contributed by atoms with van der Waals surface area (Å²) in [6, 6.07) is 3.07. The zero-order valence-electron chi connectivity index (χ0n) is 8.77. The number of halogens is 1. The molecule has 17 heavy (non-hydrogen) atoms. The van der Waals surface area contributed by atoms with Crippen LogP contribution in [0.3, 0.4) is 0 Å². The zero-order chi connectivity index (χ0) is 12.3. The van der Waals surface area contributed by atoms with Crippen LogP contribution >= 0.6 is 11.6 Å². The van der Waals surface area contributed by atoms with Gasteiger partial charge in [-0.1, -0.05) is 11.6 Å². The first-order chi connectivity index (χ1) is 8.16. The number of imidazole rings is 1. The average molecular weight is 252 g/mol. The lowest BCUT2D eigenvalue weighted by molar-refractivity contribution is 0.0946. The van der Waals surface area contributed by atoms with Crippen molar-refractivity contribution in [1.82, 2.24) is 20.3 Å². The minimum Gasteiger partial charge on any atom is -0.384 e. The number of hydrogen-bond donors (Lipinski definition) is 3. The van der Waals surface area contributed by atoms with Gasteiger partial charge in [0.15, 0.2) is 0 Å². The molecule has 0 fully saturated rings. The number of carbonyl (C=O) groups excluding carboxylic acids is 1. The highest BCUT2D eigenvalue weighted by molar-refractivity contribution is 6.33. The van der Waals surface area contributed by atoms with Gasteiger partial charge in [0.05, 0.1) is 23.6 Å². The first-order valence-electron chi connectivity index (χ1n) is 4.84. The number of nitrogen functional groups attached to an aromatic ring is 1. The van der Waals surface area contributed by atoms with Gasteiger partial charge < -0.3 is 16.0 Å². The number of anilines is 1. The van der Waals surface area contributed by atoms with Crippen LogP contribution in [0.4, 0.5) is 5.82 Å². The molecule has 2 aromatic rings. The molecule has 2 heterocycles. The van der Waals surface area contributed by atoms with E-state index in [1.807, 2.05) is 0 Å². The molecule has 0 aliphatic carbocycles. The van der Waals surface area contributed by atoms with Gasteiger partial charge in [0.2, 0.25) is 0 Å².